The van der Waals surface area contributed by atoms with Crippen molar-refractivity contribution in [3.63, 3.8) is 0 Å². The first-order valence-corrected chi connectivity index (χ1v) is 6.86. The molecule has 1 aliphatic heterocycles. The molecule has 0 aromatic heterocycles. The Kier molecular flexibility index (Phi) is 4.09. The normalized spacial score (nSPS) is 16.4. The lowest BCUT2D eigenvalue weighted by molar-refractivity contribution is -0.142. The van der Waals surface area contributed by atoms with Gasteiger partial charge < -0.3 is 15.7 Å². The molecule has 5 nitrogen and oxygen atoms in total. The molecule has 1 heterocycles. The Morgan fingerprint density at radius 3 is 2.47 bits per heavy atom. The molecule has 0 saturated carbocycles. The molecule has 3 N–H and O–H groups in total. The van der Waals surface area contributed by atoms with Crippen LogP contribution >= 0.6 is 15.9 Å². The topological polar surface area (TPSA) is 83.6 Å². The molecule has 0 bridgehead atoms. The predicted octanol–water partition coefficient (Wildman–Crippen LogP) is 1.85. The van der Waals surface area contributed by atoms with Crippen LogP contribution in [0.1, 0.15) is 23.2 Å². The summed E-state index contributed by atoms with van der Waals surface area (Å²) in [6.07, 6.45) is 1.17. The molecule has 0 aliphatic carbocycles. The van der Waals surface area contributed by atoms with Gasteiger partial charge in [0.25, 0.3) is 5.91 Å². The highest BCUT2D eigenvalue weighted by Crippen LogP contribution is 2.30. The second-order valence-electron chi connectivity index (χ2n) is 4.60. The number of primary amides is 1. The SMILES string of the molecule is NC(=O)c1c(Br)cccc1N1CCC(C(=O)O)CC1. The van der Waals surface area contributed by atoms with E-state index >= 15 is 0 Å². The van der Waals surface area contributed by atoms with E-state index in [4.69, 9.17) is 10.8 Å². The number of hydrogen-bond acceptors (Lipinski definition) is 3. The lowest BCUT2D eigenvalue weighted by Crippen LogP contribution is -2.37. The molecule has 1 amide bonds. The van der Waals surface area contributed by atoms with Crippen molar-refractivity contribution in [3.8, 4) is 0 Å². The Morgan fingerprint density at radius 1 is 1.32 bits per heavy atom. The van der Waals surface area contributed by atoms with Crippen molar-refractivity contribution in [2.45, 2.75) is 12.8 Å². The molecule has 6 heteroatoms. The number of carboxylic acids is 1. The van der Waals surface area contributed by atoms with Gasteiger partial charge in [-0.25, -0.2) is 0 Å². The van der Waals surface area contributed by atoms with Crippen LogP contribution in [0.25, 0.3) is 0 Å². The third-order valence-electron chi connectivity index (χ3n) is 3.42. The molecule has 1 aliphatic rings. The maximum Gasteiger partial charge on any atom is 0.306 e. The van der Waals surface area contributed by atoms with Gasteiger partial charge in [0.05, 0.1) is 17.2 Å². The second-order valence-corrected chi connectivity index (χ2v) is 5.45. The fourth-order valence-corrected chi connectivity index (χ4v) is 2.94. The first-order chi connectivity index (χ1) is 9.00. The van der Waals surface area contributed by atoms with E-state index in [2.05, 4.69) is 15.9 Å². The molecule has 1 aromatic rings. The largest absolute Gasteiger partial charge is 0.481 e. The van der Waals surface area contributed by atoms with Gasteiger partial charge in [-0.1, -0.05) is 6.07 Å². The van der Waals surface area contributed by atoms with Crippen LogP contribution in [0.3, 0.4) is 0 Å². The quantitative estimate of drug-likeness (QED) is 0.887. The number of amides is 1. The minimum absolute atomic E-state index is 0.291. The number of rotatable bonds is 3. The maximum atomic E-state index is 11.5. The molecule has 102 valence electrons. The summed E-state index contributed by atoms with van der Waals surface area (Å²) >= 11 is 3.33. The van der Waals surface area contributed by atoms with Crippen molar-refractivity contribution < 1.29 is 14.7 Å². The molecule has 0 atom stereocenters. The predicted molar refractivity (Wildman–Crippen MR) is 75.2 cm³/mol. The van der Waals surface area contributed by atoms with E-state index in [9.17, 15) is 9.59 Å². The van der Waals surface area contributed by atoms with Crippen molar-refractivity contribution in [3.05, 3.63) is 28.2 Å². The third kappa shape index (κ3) is 2.89. The number of carbonyl (C=O) groups excluding carboxylic acids is 1. The van der Waals surface area contributed by atoms with Gasteiger partial charge in [0.2, 0.25) is 0 Å². The van der Waals surface area contributed by atoms with E-state index < -0.39 is 11.9 Å². The first kappa shape index (κ1) is 13.9. The number of halogens is 1. The van der Waals surface area contributed by atoms with Crippen LogP contribution in [0.2, 0.25) is 0 Å². The summed E-state index contributed by atoms with van der Waals surface area (Å²) in [5.74, 6) is -1.52. The number of anilines is 1. The Bertz CT molecular complexity index is 511. The lowest BCUT2D eigenvalue weighted by atomic mass is 9.96. The van der Waals surface area contributed by atoms with Crippen molar-refractivity contribution in [2.75, 3.05) is 18.0 Å². The maximum absolute atomic E-state index is 11.5. The summed E-state index contributed by atoms with van der Waals surface area (Å²) in [5.41, 5.74) is 6.63. The van der Waals surface area contributed by atoms with E-state index in [0.717, 1.165) is 5.69 Å². The highest BCUT2D eigenvalue weighted by molar-refractivity contribution is 9.10. The molecule has 2 rings (SSSR count). The molecule has 1 aromatic carbocycles. The van der Waals surface area contributed by atoms with E-state index in [1.165, 1.54) is 0 Å². The number of nitrogens with two attached hydrogens (primary N) is 1. The number of benzene rings is 1. The van der Waals surface area contributed by atoms with Gasteiger partial charge in [0, 0.05) is 17.6 Å². The van der Waals surface area contributed by atoms with Crippen molar-refractivity contribution in [1.82, 2.24) is 0 Å². The Labute approximate surface area is 119 Å². The van der Waals surface area contributed by atoms with Gasteiger partial charge in [-0.15, -0.1) is 0 Å². The third-order valence-corrected chi connectivity index (χ3v) is 4.08. The highest BCUT2D eigenvalue weighted by atomic mass is 79.9. The van der Waals surface area contributed by atoms with Crippen LogP contribution < -0.4 is 10.6 Å². The molecule has 1 fully saturated rings. The number of aliphatic carboxylic acids is 1. The number of hydrogen-bond donors (Lipinski definition) is 2. The molecule has 0 spiro atoms. The van der Waals surface area contributed by atoms with Gasteiger partial charge in [-0.05, 0) is 40.9 Å². The van der Waals surface area contributed by atoms with Gasteiger partial charge in [-0.2, -0.15) is 0 Å². The number of carbonyl (C=O) groups is 2. The van der Waals surface area contributed by atoms with Gasteiger partial charge in [0.1, 0.15) is 0 Å². The smallest absolute Gasteiger partial charge is 0.306 e. The molecule has 19 heavy (non-hydrogen) atoms. The van der Waals surface area contributed by atoms with Crippen molar-refractivity contribution >= 4 is 33.5 Å². The monoisotopic (exact) mass is 326 g/mol. The summed E-state index contributed by atoms with van der Waals surface area (Å²) < 4.78 is 0.665. The van der Waals surface area contributed by atoms with Gasteiger partial charge in [0.15, 0.2) is 0 Å². The molecule has 0 unspecified atom stereocenters. The zero-order valence-electron chi connectivity index (χ0n) is 10.3. The zero-order chi connectivity index (χ0) is 14.0. The van der Waals surface area contributed by atoms with Crippen molar-refractivity contribution in [1.29, 1.82) is 0 Å². The van der Waals surface area contributed by atoms with Crippen LogP contribution in [-0.4, -0.2) is 30.1 Å². The van der Waals surface area contributed by atoms with Crippen LogP contribution in [0.5, 0.6) is 0 Å². The molecule has 1 saturated heterocycles. The standard InChI is InChI=1S/C13H15BrN2O3/c14-9-2-1-3-10(11(9)12(15)17)16-6-4-8(5-7-16)13(18)19/h1-3,8H,4-7H2,(H2,15,17)(H,18,19). The summed E-state index contributed by atoms with van der Waals surface area (Å²) in [6.45, 7) is 1.24. The van der Waals surface area contributed by atoms with E-state index in [1.54, 1.807) is 6.07 Å². The van der Waals surface area contributed by atoms with Gasteiger partial charge >= 0.3 is 5.97 Å². The number of nitrogens with zero attached hydrogens (tertiary/aromatic N) is 1. The van der Waals surface area contributed by atoms with Crippen LogP contribution in [-0.2, 0) is 4.79 Å². The average Bonchev–Trinajstić information content (AvgIpc) is 2.38. The molecular weight excluding hydrogens is 312 g/mol. The van der Waals surface area contributed by atoms with E-state index in [1.807, 2.05) is 17.0 Å². The number of carboxylic acid groups (broad SMARTS) is 1. The van der Waals surface area contributed by atoms with Crippen LogP contribution in [0, 0.1) is 5.92 Å². The Hall–Kier alpha value is -1.56. The second kappa shape index (κ2) is 5.61. The summed E-state index contributed by atoms with van der Waals surface area (Å²) in [5, 5.41) is 8.98. The molecule has 0 radical (unpaired) electrons. The van der Waals surface area contributed by atoms with Gasteiger partial charge in [-0.3, -0.25) is 9.59 Å². The average molecular weight is 327 g/mol. The minimum Gasteiger partial charge on any atom is -0.481 e. The minimum atomic E-state index is -0.746. The zero-order valence-corrected chi connectivity index (χ0v) is 11.9. The Balaban J connectivity index is 2.22. The van der Waals surface area contributed by atoms with Crippen molar-refractivity contribution in [2.24, 2.45) is 11.7 Å². The number of piperidine rings is 1. The summed E-state index contributed by atoms with van der Waals surface area (Å²) in [4.78, 5) is 24.5. The van der Waals surface area contributed by atoms with Crippen LogP contribution in [0.15, 0.2) is 22.7 Å². The van der Waals surface area contributed by atoms with E-state index in [0.29, 0.717) is 36.0 Å². The first-order valence-electron chi connectivity index (χ1n) is 6.06. The van der Waals surface area contributed by atoms with Crippen LogP contribution in [0.4, 0.5) is 5.69 Å². The summed E-state index contributed by atoms with van der Waals surface area (Å²) in [7, 11) is 0. The molecular formula is C13H15BrN2O3. The fourth-order valence-electron chi connectivity index (χ4n) is 2.39. The summed E-state index contributed by atoms with van der Waals surface area (Å²) in [6, 6.07) is 5.45. The Morgan fingerprint density at radius 2 is 1.95 bits per heavy atom. The van der Waals surface area contributed by atoms with E-state index in [-0.39, 0.29) is 5.92 Å². The highest BCUT2D eigenvalue weighted by Gasteiger charge is 2.26. The fraction of sp³-hybridized carbons (Fsp3) is 0.385. The lowest BCUT2D eigenvalue weighted by Gasteiger charge is -2.33.